The molecule has 0 aromatic carbocycles. The molecule has 0 saturated heterocycles. The molecule has 2 heteroatoms. The fourth-order valence-corrected chi connectivity index (χ4v) is 2.96. The van der Waals surface area contributed by atoms with Gasteiger partial charge < -0.3 is 10.6 Å². The summed E-state index contributed by atoms with van der Waals surface area (Å²) in [6.45, 7) is 6.24. The first-order valence-electron chi connectivity index (χ1n) is 6.80. The Balaban J connectivity index is 2.22. The SMILES string of the molecule is C=C(C)N(C1=C(N)CCC=C1)C1CCCCC1. The summed E-state index contributed by atoms with van der Waals surface area (Å²) in [4.78, 5) is 2.38. The van der Waals surface area contributed by atoms with E-state index in [0.717, 1.165) is 24.2 Å². The van der Waals surface area contributed by atoms with E-state index in [2.05, 4.69) is 30.6 Å². The predicted molar refractivity (Wildman–Crippen MR) is 73.1 cm³/mol. The molecule has 2 aliphatic carbocycles. The number of hydrogen-bond donors (Lipinski definition) is 1. The zero-order valence-corrected chi connectivity index (χ0v) is 10.9. The molecule has 17 heavy (non-hydrogen) atoms. The van der Waals surface area contributed by atoms with Gasteiger partial charge in [-0.3, -0.25) is 0 Å². The monoisotopic (exact) mass is 232 g/mol. The van der Waals surface area contributed by atoms with Crippen LogP contribution in [-0.2, 0) is 0 Å². The molecule has 0 radical (unpaired) electrons. The van der Waals surface area contributed by atoms with Crippen LogP contribution in [0.1, 0.15) is 51.9 Å². The first kappa shape index (κ1) is 12.3. The average Bonchev–Trinajstić information content (AvgIpc) is 2.33. The molecule has 2 nitrogen and oxygen atoms in total. The lowest BCUT2D eigenvalue weighted by molar-refractivity contribution is 0.247. The summed E-state index contributed by atoms with van der Waals surface area (Å²) in [5.74, 6) is 0. The second-order valence-corrected chi connectivity index (χ2v) is 5.25. The fraction of sp³-hybridized carbons (Fsp3) is 0.600. The van der Waals surface area contributed by atoms with Crippen LogP contribution in [-0.4, -0.2) is 10.9 Å². The minimum atomic E-state index is 0.609. The van der Waals surface area contributed by atoms with Gasteiger partial charge in [-0.2, -0.15) is 0 Å². The van der Waals surface area contributed by atoms with Crippen molar-refractivity contribution >= 4 is 0 Å². The standard InChI is InChI=1S/C15H24N2/c1-12(2)17(13-8-4-3-5-9-13)15-11-7-6-10-14(15)16/h7,11,13H,1,3-6,8-10,16H2,2H3. The Hall–Kier alpha value is -1.18. The zero-order chi connectivity index (χ0) is 12.3. The first-order chi connectivity index (χ1) is 8.20. The van der Waals surface area contributed by atoms with E-state index in [1.165, 1.54) is 37.8 Å². The molecule has 2 aliphatic rings. The van der Waals surface area contributed by atoms with Crippen molar-refractivity contribution in [2.24, 2.45) is 5.73 Å². The van der Waals surface area contributed by atoms with Crippen LogP contribution in [0.4, 0.5) is 0 Å². The Kier molecular flexibility index (Phi) is 3.93. The maximum Gasteiger partial charge on any atom is 0.0598 e. The van der Waals surface area contributed by atoms with Crippen LogP contribution in [0.15, 0.2) is 35.8 Å². The Morgan fingerprint density at radius 1 is 1.35 bits per heavy atom. The van der Waals surface area contributed by atoms with Gasteiger partial charge in [0.05, 0.1) is 5.70 Å². The first-order valence-corrected chi connectivity index (χ1v) is 6.80. The topological polar surface area (TPSA) is 29.3 Å². The molecule has 0 unspecified atom stereocenters. The molecular weight excluding hydrogens is 208 g/mol. The molecule has 0 aliphatic heterocycles. The summed E-state index contributed by atoms with van der Waals surface area (Å²) >= 11 is 0. The molecule has 0 aromatic heterocycles. The molecule has 0 heterocycles. The highest BCUT2D eigenvalue weighted by molar-refractivity contribution is 5.30. The summed E-state index contributed by atoms with van der Waals surface area (Å²) in [5, 5.41) is 0. The Labute approximate surface area is 105 Å². The molecule has 2 N–H and O–H groups in total. The van der Waals surface area contributed by atoms with Gasteiger partial charge in [-0.25, -0.2) is 0 Å². The maximum atomic E-state index is 6.17. The highest BCUT2D eigenvalue weighted by Gasteiger charge is 2.24. The normalized spacial score (nSPS) is 21.7. The van der Waals surface area contributed by atoms with Gasteiger partial charge >= 0.3 is 0 Å². The van der Waals surface area contributed by atoms with Gasteiger partial charge in [0, 0.05) is 17.4 Å². The predicted octanol–water partition coefficient (Wildman–Crippen LogP) is 3.68. The lowest BCUT2D eigenvalue weighted by atomic mass is 9.92. The Morgan fingerprint density at radius 2 is 2.06 bits per heavy atom. The van der Waals surface area contributed by atoms with E-state index in [4.69, 9.17) is 5.73 Å². The maximum absolute atomic E-state index is 6.17. The van der Waals surface area contributed by atoms with E-state index in [1.807, 2.05) is 0 Å². The number of rotatable bonds is 3. The third-order valence-corrected chi connectivity index (χ3v) is 3.80. The largest absolute Gasteiger partial charge is 0.400 e. The summed E-state index contributed by atoms with van der Waals surface area (Å²) < 4.78 is 0. The molecule has 0 bridgehead atoms. The van der Waals surface area contributed by atoms with Crippen LogP contribution < -0.4 is 5.73 Å². The lowest BCUT2D eigenvalue weighted by Gasteiger charge is -2.38. The highest BCUT2D eigenvalue weighted by Crippen LogP contribution is 2.31. The van der Waals surface area contributed by atoms with Gasteiger partial charge in [0.2, 0.25) is 0 Å². The third kappa shape index (κ3) is 2.74. The van der Waals surface area contributed by atoms with E-state index in [-0.39, 0.29) is 0 Å². The van der Waals surface area contributed by atoms with Crippen molar-refractivity contribution in [2.45, 2.75) is 57.9 Å². The van der Waals surface area contributed by atoms with Crippen LogP contribution in [0.3, 0.4) is 0 Å². The smallest absolute Gasteiger partial charge is 0.0598 e. The van der Waals surface area contributed by atoms with Crippen molar-refractivity contribution in [3.8, 4) is 0 Å². The molecule has 0 amide bonds. The van der Waals surface area contributed by atoms with Gasteiger partial charge in [-0.05, 0) is 38.7 Å². The number of nitrogens with two attached hydrogens (primary N) is 1. The summed E-state index contributed by atoms with van der Waals surface area (Å²) in [5.41, 5.74) is 9.53. The number of allylic oxidation sites excluding steroid dienone is 4. The zero-order valence-electron chi connectivity index (χ0n) is 10.9. The second-order valence-electron chi connectivity index (χ2n) is 5.25. The van der Waals surface area contributed by atoms with Crippen molar-refractivity contribution in [1.82, 2.24) is 4.90 Å². The minimum Gasteiger partial charge on any atom is -0.400 e. The summed E-state index contributed by atoms with van der Waals surface area (Å²) in [7, 11) is 0. The minimum absolute atomic E-state index is 0.609. The molecule has 1 saturated carbocycles. The molecule has 0 spiro atoms. The quantitative estimate of drug-likeness (QED) is 0.804. The fourth-order valence-electron chi connectivity index (χ4n) is 2.96. The van der Waals surface area contributed by atoms with E-state index < -0.39 is 0 Å². The van der Waals surface area contributed by atoms with Gasteiger partial charge in [-0.1, -0.05) is 31.9 Å². The van der Waals surface area contributed by atoms with E-state index in [1.54, 1.807) is 0 Å². The second kappa shape index (κ2) is 5.44. The van der Waals surface area contributed by atoms with Crippen molar-refractivity contribution < 1.29 is 0 Å². The summed E-state index contributed by atoms with van der Waals surface area (Å²) in [6.07, 6.45) is 13.1. The van der Waals surface area contributed by atoms with Crippen LogP contribution >= 0.6 is 0 Å². The Bertz CT molecular complexity index is 346. The molecule has 1 fully saturated rings. The van der Waals surface area contributed by atoms with Gasteiger partial charge in [-0.15, -0.1) is 0 Å². The molecule has 0 atom stereocenters. The highest BCUT2D eigenvalue weighted by atomic mass is 15.2. The van der Waals surface area contributed by atoms with Crippen molar-refractivity contribution in [3.63, 3.8) is 0 Å². The van der Waals surface area contributed by atoms with Crippen molar-refractivity contribution in [3.05, 3.63) is 35.8 Å². The number of hydrogen-bond acceptors (Lipinski definition) is 2. The number of nitrogens with zero attached hydrogens (tertiary/aromatic N) is 1. The molecule has 94 valence electrons. The van der Waals surface area contributed by atoms with Gasteiger partial charge in [0.25, 0.3) is 0 Å². The van der Waals surface area contributed by atoms with E-state index in [9.17, 15) is 0 Å². The summed E-state index contributed by atoms with van der Waals surface area (Å²) in [6, 6.07) is 0.609. The molecule has 2 rings (SSSR count). The van der Waals surface area contributed by atoms with Crippen LogP contribution in [0.5, 0.6) is 0 Å². The lowest BCUT2D eigenvalue weighted by Crippen LogP contribution is -2.35. The molecule has 0 aromatic rings. The molecular formula is C15H24N2. The van der Waals surface area contributed by atoms with Crippen LogP contribution in [0.25, 0.3) is 0 Å². The van der Waals surface area contributed by atoms with E-state index >= 15 is 0 Å². The van der Waals surface area contributed by atoms with Gasteiger partial charge in [0.1, 0.15) is 0 Å². The van der Waals surface area contributed by atoms with Crippen molar-refractivity contribution in [1.29, 1.82) is 0 Å². The average molecular weight is 232 g/mol. The van der Waals surface area contributed by atoms with E-state index in [0.29, 0.717) is 6.04 Å². The Morgan fingerprint density at radius 3 is 2.65 bits per heavy atom. The van der Waals surface area contributed by atoms with Crippen molar-refractivity contribution in [2.75, 3.05) is 0 Å². The van der Waals surface area contributed by atoms with Crippen LogP contribution in [0.2, 0.25) is 0 Å². The van der Waals surface area contributed by atoms with Gasteiger partial charge in [0.15, 0.2) is 0 Å². The third-order valence-electron chi connectivity index (χ3n) is 3.80. The van der Waals surface area contributed by atoms with Crippen LogP contribution in [0, 0.1) is 0 Å².